The van der Waals surface area contributed by atoms with Crippen LogP contribution < -0.4 is 15.7 Å². The molecular weight excluding hydrogens is 228 g/mol. The van der Waals surface area contributed by atoms with Crippen LogP contribution in [0.25, 0.3) is 0 Å². The van der Waals surface area contributed by atoms with Crippen molar-refractivity contribution in [1.29, 1.82) is 0 Å². The first kappa shape index (κ1) is 11.9. The van der Waals surface area contributed by atoms with Crippen molar-refractivity contribution in [3.63, 3.8) is 0 Å². The van der Waals surface area contributed by atoms with Crippen molar-refractivity contribution in [2.75, 3.05) is 6.26 Å². The van der Waals surface area contributed by atoms with E-state index < -0.39 is 0 Å². The Morgan fingerprint density at radius 1 is 1.53 bits per heavy atom. The third-order valence-corrected chi connectivity index (χ3v) is 2.78. The summed E-state index contributed by atoms with van der Waals surface area (Å²) in [6, 6.07) is 3.78. The summed E-state index contributed by atoms with van der Waals surface area (Å²) in [7, 11) is 1.94. The predicted molar refractivity (Wildman–Crippen MR) is 67.6 cm³/mol. The summed E-state index contributed by atoms with van der Waals surface area (Å²) in [6.45, 7) is 0. The van der Waals surface area contributed by atoms with Crippen LogP contribution >= 0.6 is 24.0 Å². The van der Waals surface area contributed by atoms with Crippen molar-refractivity contribution >= 4 is 34.1 Å². The number of nitrogens with two attached hydrogens (primary N) is 1. The molecule has 0 aromatic carbocycles. The van der Waals surface area contributed by atoms with Gasteiger partial charge in [-0.15, -0.1) is 0 Å². The van der Waals surface area contributed by atoms with Gasteiger partial charge in [0.25, 0.3) is 0 Å². The molecule has 0 unspecified atom stereocenters. The number of aromatic nitrogens is 1. The largest absolute Gasteiger partial charge is 0.382 e. The van der Waals surface area contributed by atoms with Crippen molar-refractivity contribution in [1.82, 2.24) is 5.43 Å². The lowest BCUT2D eigenvalue weighted by Crippen LogP contribution is -2.28. The molecule has 0 aliphatic rings. The number of nitrogens with one attached hydrogen (secondary N) is 1. The maximum absolute atomic E-state index is 5.76. The molecule has 1 aromatic heterocycles. The van der Waals surface area contributed by atoms with Gasteiger partial charge < -0.3 is 5.73 Å². The fraction of sp³-hybridized carbons (Fsp3) is 0.222. The second-order valence-electron chi connectivity index (χ2n) is 2.85. The van der Waals surface area contributed by atoms with E-state index in [0.717, 1.165) is 5.56 Å². The first-order chi connectivity index (χ1) is 7.13. The van der Waals surface area contributed by atoms with Crippen molar-refractivity contribution < 1.29 is 4.57 Å². The normalized spacial score (nSPS) is 11.2. The molecule has 0 radical (unpaired) electrons. The van der Waals surface area contributed by atoms with E-state index in [0.29, 0.717) is 10.2 Å². The van der Waals surface area contributed by atoms with Gasteiger partial charge in [0.05, 0.1) is 0 Å². The van der Waals surface area contributed by atoms with E-state index in [1.54, 1.807) is 0 Å². The standard InChI is InChI=1S/C9H12N4S2/c1-13-5-3-7(4-6-13)8(10)11-12-9(14)15-2/h3-6H,10H2,1-2H3/p+1. The Bertz CT molecular complexity index is 372. The number of pyridine rings is 1. The zero-order valence-corrected chi connectivity index (χ0v) is 10.2. The number of rotatable bonds is 2. The molecule has 1 aromatic rings. The molecule has 0 aliphatic carbocycles. The smallest absolute Gasteiger partial charge is 0.169 e. The molecular formula is C9H13N4S2+. The molecule has 0 saturated carbocycles. The Balaban J connectivity index is 2.71. The quantitative estimate of drug-likeness (QED) is 0.258. The fourth-order valence-corrected chi connectivity index (χ4v) is 1.07. The van der Waals surface area contributed by atoms with Crippen molar-refractivity contribution in [3.8, 4) is 0 Å². The Morgan fingerprint density at radius 2 is 2.13 bits per heavy atom. The van der Waals surface area contributed by atoms with Crippen LogP contribution in [0.2, 0.25) is 0 Å². The first-order valence-corrected chi connectivity index (χ1v) is 5.89. The molecule has 80 valence electrons. The molecule has 6 heteroatoms. The molecule has 15 heavy (non-hydrogen) atoms. The van der Waals surface area contributed by atoms with Crippen LogP contribution in [0.15, 0.2) is 29.6 Å². The lowest BCUT2D eigenvalue weighted by Gasteiger charge is -2.01. The molecule has 3 N–H and O–H groups in total. The van der Waals surface area contributed by atoms with Gasteiger partial charge in [-0.1, -0.05) is 24.0 Å². The van der Waals surface area contributed by atoms with Crippen LogP contribution in [0.1, 0.15) is 5.56 Å². The van der Waals surface area contributed by atoms with Gasteiger partial charge in [-0.25, -0.2) is 4.57 Å². The summed E-state index contributed by atoms with van der Waals surface area (Å²) >= 11 is 6.35. The highest BCUT2D eigenvalue weighted by molar-refractivity contribution is 8.22. The van der Waals surface area contributed by atoms with Crippen LogP contribution in [-0.2, 0) is 7.05 Å². The number of aryl methyl sites for hydroxylation is 1. The molecule has 4 nitrogen and oxygen atoms in total. The molecule has 0 saturated heterocycles. The van der Waals surface area contributed by atoms with Crippen LogP contribution in [0.3, 0.4) is 0 Å². The number of thiocarbonyl (C=S) groups is 1. The minimum absolute atomic E-state index is 0.423. The molecule has 0 fully saturated rings. The SMILES string of the molecule is CSC(=S)N/N=C(\N)c1cc[n+](C)cc1. The van der Waals surface area contributed by atoms with E-state index in [1.165, 1.54) is 11.8 Å². The number of nitrogens with zero attached hydrogens (tertiary/aromatic N) is 2. The second kappa shape index (κ2) is 5.67. The third kappa shape index (κ3) is 3.85. The van der Waals surface area contributed by atoms with Gasteiger partial charge in [0.1, 0.15) is 7.05 Å². The average molecular weight is 241 g/mol. The molecule has 1 rings (SSSR count). The Labute approximate surface area is 98.6 Å². The van der Waals surface area contributed by atoms with E-state index in [1.807, 2.05) is 42.4 Å². The van der Waals surface area contributed by atoms with E-state index in [2.05, 4.69) is 10.5 Å². The zero-order chi connectivity index (χ0) is 11.3. The summed E-state index contributed by atoms with van der Waals surface area (Å²) in [4.78, 5) is 0. The summed E-state index contributed by atoms with van der Waals surface area (Å²) in [5.41, 5.74) is 9.32. The summed E-state index contributed by atoms with van der Waals surface area (Å²) < 4.78 is 2.52. The third-order valence-electron chi connectivity index (χ3n) is 1.73. The number of amidine groups is 1. The summed E-state index contributed by atoms with van der Waals surface area (Å²) in [6.07, 6.45) is 5.69. The van der Waals surface area contributed by atoms with Gasteiger partial charge in [-0.05, 0) is 6.26 Å². The molecule has 0 bridgehead atoms. The van der Waals surface area contributed by atoms with Crippen molar-refractivity contribution in [2.45, 2.75) is 0 Å². The minimum Gasteiger partial charge on any atom is -0.382 e. The van der Waals surface area contributed by atoms with Crippen molar-refractivity contribution in [3.05, 3.63) is 30.1 Å². The lowest BCUT2D eigenvalue weighted by atomic mass is 10.2. The second-order valence-corrected chi connectivity index (χ2v) is 4.34. The number of hydrazone groups is 1. The molecule has 0 spiro atoms. The zero-order valence-electron chi connectivity index (χ0n) is 8.60. The number of hydrogen-bond acceptors (Lipinski definition) is 3. The van der Waals surface area contributed by atoms with E-state index >= 15 is 0 Å². The number of thioether (sulfide) groups is 1. The lowest BCUT2D eigenvalue weighted by molar-refractivity contribution is -0.671. The van der Waals surface area contributed by atoms with Crippen LogP contribution in [0, 0.1) is 0 Å². The number of hydrogen-bond donors (Lipinski definition) is 2. The van der Waals surface area contributed by atoms with E-state index in [4.69, 9.17) is 18.0 Å². The molecule has 1 heterocycles. The Kier molecular flexibility index (Phi) is 4.51. The maximum atomic E-state index is 5.76. The van der Waals surface area contributed by atoms with Gasteiger partial charge in [0, 0.05) is 17.7 Å². The first-order valence-electron chi connectivity index (χ1n) is 4.26. The molecule has 0 aliphatic heterocycles. The summed E-state index contributed by atoms with van der Waals surface area (Å²) in [5, 5.41) is 3.97. The van der Waals surface area contributed by atoms with Crippen molar-refractivity contribution in [2.24, 2.45) is 17.9 Å². The van der Waals surface area contributed by atoms with Gasteiger partial charge in [0.15, 0.2) is 22.5 Å². The molecule has 0 amide bonds. The highest BCUT2D eigenvalue weighted by Gasteiger charge is 2.00. The monoisotopic (exact) mass is 241 g/mol. The highest BCUT2D eigenvalue weighted by Crippen LogP contribution is 1.96. The van der Waals surface area contributed by atoms with Gasteiger partial charge in [-0.3, -0.25) is 5.43 Å². The molecule has 0 atom stereocenters. The van der Waals surface area contributed by atoms with Gasteiger partial charge >= 0.3 is 0 Å². The highest BCUT2D eigenvalue weighted by atomic mass is 32.2. The van der Waals surface area contributed by atoms with Gasteiger partial charge in [0.2, 0.25) is 0 Å². The minimum atomic E-state index is 0.423. The average Bonchev–Trinajstić information content (AvgIpc) is 2.26. The summed E-state index contributed by atoms with van der Waals surface area (Å²) in [5.74, 6) is 0.423. The maximum Gasteiger partial charge on any atom is 0.169 e. The Morgan fingerprint density at radius 3 is 2.67 bits per heavy atom. The van der Waals surface area contributed by atoms with Crippen LogP contribution in [0.4, 0.5) is 0 Å². The Hall–Kier alpha value is -1.14. The van der Waals surface area contributed by atoms with Crippen LogP contribution in [0.5, 0.6) is 0 Å². The van der Waals surface area contributed by atoms with Gasteiger partial charge in [-0.2, -0.15) is 5.10 Å². The predicted octanol–water partition coefficient (Wildman–Crippen LogP) is 0.369. The topological polar surface area (TPSA) is 54.3 Å². The fourth-order valence-electron chi connectivity index (χ4n) is 0.888. The van der Waals surface area contributed by atoms with E-state index in [9.17, 15) is 0 Å². The van der Waals surface area contributed by atoms with Crippen LogP contribution in [-0.4, -0.2) is 16.4 Å². The van der Waals surface area contributed by atoms with E-state index in [-0.39, 0.29) is 0 Å².